The number of carboxylic acids is 1. The first-order chi connectivity index (χ1) is 7.56. The third kappa shape index (κ3) is 2.85. The molecule has 0 fully saturated rings. The minimum Gasteiger partial charge on any atom is -0.480 e. The molecular weight excluding hydrogens is 208 g/mol. The number of amides is 1. The van der Waals surface area contributed by atoms with Crippen molar-refractivity contribution in [3.63, 3.8) is 0 Å². The quantitative estimate of drug-likeness (QED) is 0.813. The molecule has 0 saturated carbocycles. The molecule has 0 radical (unpaired) electrons. The lowest BCUT2D eigenvalue weighted by atomic mass is 10.3. The number of hydrogen-bond acceptors (Lipinski definition) is 2. The molecule has 0 aliphatic carbocycles. The summed E-state index contributed by atoms with van der Waals surface area (Å²) in [4.78, 5) is 24.1. The van der Waals surface area contributed by atoms with Crippen LogP contribution in [0.25, 0.3) is 0 Å². The monoisotopic (exact) mass is 224 g/mol. The molecule has 16 heavy (non-hydrogen) atoms. The lowest BCUT2D eigenvalue weighted by Gasteiger charge is -2.16. The van der Waals surface area contributed by atoms with Crippen LogP contribution in [0.5, 0.6) is 0 Å². The van der Waals surface area contributed by atoms with Crippen molar-refractivity contribution < 1.29 is 14.7 Å². The summed E-state index contributed by atoms with van der Waals surface area (Å²) in [6.45, 7) is 2.46. The second-order valence-corrected chi connectivity index (χ2v) is 3.64. The summed E-state index contributed by atoms with van der Waals surface area (Å²) in [6, 6.07) is 3.31. The Labute approximate surface area is 94.3 Å². The number of nitrogens with zero attached hydrogens (tertiary/aromatic N) is 2. The van der Waals surface area contributed by atoms with Gasteiger partial charge in [-0.2, -0.15) is 0 Å². The SMILES string of the molecule is CCCN(C)C(=O)c1cccn1CC(=O)O. The number of hydrogen-bond donors (Lipinski definition) is 1. The maximum Gasteiger partial charge on any atom is 0.323 e. The van der Waals surface area contributed by atoms with Gasteiger partial charge in [0.05, 0.1) is 0 Å². The van der Waals surface area contributed by atoms with Gasteiger partial charge in [-0.05, 0) is 18.6 Å². The van der Waals surface area contributed by atoms with Gasteiger partial charge in [0.2, 0.25) is 0 Å². The molecule has 0 aromatic carbocycles. The van der Waals surface area contributed by atoms with E-state index in [-0.39, 0.29) is 12.5 Å². The van der Waals surface area contributed by atoms with Crippen LogP contribution in [0.3, 0.4) is 0 Å². The van der Waals surface area contributed by atoms with Gasteiger partial charge in [0.1, 0.15) is 12.2 Å². The summed E-state index contributed by atoms with van der Waals surface area (Å²) in [5, 5.41) is 8.69. The Morgan fingerprint density at radius 3 is 2.75 bits per heavy atom. The van der Waals surface area contributed by atoms with Gasteiger partial charge in [-0.15, -0.1) is 0 Å². The number of rotatable bonds is 5. The Hall–Kier alpha value is -1.78. The molecule has 1 heterocycles. The van der Waals surface area contributed by atoms with Crippen LogP contribution in [-0.2, 0) is 11.3 Å². The van der Waals surface area contributed by atoms with E-state index in [1.54, 1.807) is 30.3 Å². The van der Waals surface area contributed by atoms with Gasteiger partial charge in [0, 0.05) is 19.8 Å². The number of aliphatic carboxylic acids is 1. The normalized spacial score (nSPS) is 10.1. The third-order valence-corrected chi connectivity index (χ3v) is 2.26. The molecule has 1 rings (SSSR count). The standard InChI is InChI=1S/C11H16N2O3/c1-3-6-12(2)11(16)9-5-4-7-13(9)8-10(14)15/h4-5,7H,3,6,8H2,1-2H3,(H,14,15). The fourth-order valence-electron chi connectivity index (χ4n) is 1.52. The molecule has 0 bridgehead atoms. The Morgan fingerprint density at radius 2 is 2.19 bits per heavy atom. The summed E-state index contributed by atoms with van der Waals surface area (Å²) in [6.07, 6.45) is 2.48. The summed E-state index contributed by atoms with van der Waals surface area (Å²) in [7, 11) is 1.71. The second kappa shape index (κ2) is 5.34. The molecule has 88 valence electrons. The highest BCUT2D eigenvalue weighted by atomic mass is 16.4. The average Bonchev–Trinajstić information content (AvgIpc) is 2.64. The average molecular weight is 224 g/mol. The molecule has 0 aliphatic rings. The highest BCUT2D eigenvalue weighted by Crippen LogP contribution is 2.06. The molecule has 5 nitrogen and oxygen atoms in total. The molecule has 1 aromatic rings. The number of carbonyl (C=O) groups is 2. The lowest BCUT2D eigenvalue weighted by Crippen LogP contribution is -2.29. The van der Waals surface area contributed by atoms with E-state index in [0.29, 0.717) is 12.2 Å². The fourth-order valence-corrected chi connectivity index (χ4v) is 1.52. The Balaban J connectivity index is 2.83. The summed E-state index contributed by atoms with van der Waals surface area (Å²) < 4.78 is 1.44. The third-order valence-electron chi connectivity index (χ3n) is 2.26. The maximum atomic E-state index is 11.9. The maximum absolute atomic E-state index is 11.9. The van der Waals surface area contributed by atoms with E-state index in [1.807, 2.05) is 6.92 Å². The van der Waals surface area contributed by atoms with Crippen LogP contribution < -0.4 is 0 Å². The first-order valence-electron chi connectivity index (χ1n) is 5.18. The van der Waals surface area contributed by atoms with Gasteiger partial charge in [-0.3, -0.25) is 9.59 Å². The first-order valence-corrected chi connectivity index (χ1v) is 5.18. The van der Waals surface area contributed by atoms with Crippen LogP contribution in [-0.4, -0.2) is 40.0 Å². The van der Waals surface area contributed by atoms with Crippen LogP contribution in [0.2, 0.25) is 0 Å². The van der Waals surface area contributed by atoms with E-state index in [2.05, 4.69) is 0 Å². The molecule has 5 heteroatoms. The van der Waals surface area contributed by atoms with Crippen molar-refractivity contribution in [1.29, 1.82) is 0 Å². The molecular formula is C11H16N2O3. The van der Waals surface area contributed by atoms with Crippen molar-refractivity contribution in [3.8, 4) is 0 Å². The number of aromatic nitrogens is 1. The van der Waals surface area contributed by atoms with Gasteiger partial charge in [0.15, 0.2) is 0 Å². The largest absolute Gasteiger partial charge is 0.480 e. The van der Waals surface area contributed by atoms with E-state index >= 15 is 0 Å². The minimum absolute atomic E-state index is 0.145. The van der Waals surface area contributed by atoms with Crippen molar-refractivity contribution >= 4 is 11.9 Å². The van der Waals surface area contributed by atoms with Crippen molar-refractivity contribution in [1.82, 2.24) is 9.47 Å². The molecule has 0 atom stereocenters. The van der Waals surface area contributed by atoms with Crippen LogP contribution in [0.4, 0.5) is 0 Å². The first kappa shape index (κ1) is 12.3. The van der Waals surface area contributed by atoms with E-state index in [9.17, 15) is 9.59 Å². The Morgan fingerprint density at radius 1 is 1.50 bits per heavy atom. The van der Waals surface area contributed by atoms with E-state index in [1.165, 1.54) is 4.57 Å². The topological polar surface area (TPSA) is 62.5 Å². The zero-order valence-corrected chi connectivity index (χ0v) is 9.51. The van der Waals surface area contributed by atoms with Gasteiger partial charge in [-0.25, -0.2) is 0 Å². The van der Waals surface area contributed by atoms with Crippen LogP contribution in [0.15, 0.2) is 18.3 Å². The highest BCUT2D eigenvalue weighted by molar-refractivity contribution is 5.93. The van der Waals surface area contributed by atoms with Gasteiger partial charge >= 0.3 is 5.97 Å². The zero-order chi connectivity index (χ0) is 12.1. The van der Waals surface area contributed by atoms with Gasteiger partial charge in [0.25, 0.3) is 5.91 Å². The summed E-state index contributed by atoms with van der Waals surface area (Å²) in [5.74, 6) is -1.10. The molecule has 0 spiro atoms. The highest BCUT2D eigenvalue weighted by Gasteiger charge is 2.15. The van der Waals surface area contributed by atoms with Crippen LogP contribution >= 0.6 is 0 Å². The summed E-state index contributed by atoms with van der Waals surface area (Å²) >= 11 is 0. The Kier molecular flexibility index (Phi) is 4.10. The predicted octanol–water partition coefficient (Wildman–Crippen LogP) is 1.05. The van der Waals surface area contributed by atoms with E-state index in [0.717, 1.165) is 6.42 Å². The van der Waals surface area contributed by atoms with E-state index < -0.39 is 5.97 Å². The molecule has 1 aromatic heterocycles. The molecule has 0 saturated heterocycles. The van der Waals surface area contributed by atoms with Crippen molar-refractivity contribution in [2.45, 2.75) is 19.9 Å². The molecule has 1 amide bonds. The predicted molar refractivity (Wildman–Crippen MR) is 59.3 cm³/mol. The van der Waals surface area contributed by atoms with Gasteiger partial charge < -0.3 is 14.6 Å². The molecule has 1 N–H and O–H groups in total. The lowest BCUT2D eigenvalue weighted by molar-refractivity contribution is -0.137. The fraction of sp³-hybridized carbons (Fsp3) is 0.455. The van der Waals surface area contributed by atoms with Crippen molar-refractivity contribution in [2.75, 3.05) is 13.6 Å². The van der Waals surface area contributed by atoms with Crippen LogP contribution in [0.1, 0.15) is 23.8 Å². The number of carbonyl (C=O) groups excluding carboxylic acids is 1. The molecule has 0 aliphatic heterocycles. The second-order valence-electron chi connectivity index (χ2n) is 3.64. The molecule has 0 unspecified atom stereocenters. The van der Waals surface area contributed by atoms with Gasteiger partial charge in [-0.1, -0.05) is 6.92 Å². The van der Waals surface area contributed by atoms with Crippen LogP contribution in [0, 0.1) is 0 Å². The van der Waals surface area contributed by atoms with Crippen molar-refractivity contribution in [3.05, 3.63) is 24.0 Å². The number of carboxylic acid groups (broad SMARTS) is 1. The smallest absolute Gasteiger partial charge is 0.323 e. The zero-order valence-electron chi connectivity index (χ0n) is 9.51. The van der Waals surface area contributed by atoms with E-state index in [4.69, 9.17) is 5.11 Å². The summed E-state index contributed by atoms with van der Waals surface area (Å²) in [5.41, 5.74) is 0.415. The minimum atomic E-state index is -0.955. The Bertz CT molecular complexity index is 384. The van der Waals surface area contributed by atoms with Crippen molar-refractivity contribution in [2.24, 2.45) is 0 Å².